The third-order valence-corrected chi connectivity index (χ3v) is 3.35. The van der Waals surface area contributed by atoms with Crippen molar-refractivity contribution in [1.29, 1.82) is 0 Å². The second-order valence-electron chi connectivity index (χ2n) is 3.78. The zero-order valence-electron chi connectivity index (χ0n) is 10.7. The number of halogens is 1. The number of hydrazone groups is 1. The lowest BCUT2D eigenvalue weighted by molar-refractivity contribution is 0.340. The molecule has 6 heteroatoms. The second kappa shape index (κ2) is 6.54. The maximum absolute atomic E-state index is 5.97. The number of hydrogen-bond acceptors (Lipinski definition) is 5. The smallest absolute Gasteiger partial charge is 0.203 e. The Morgan fingerprint density at radius 2 is 2.37 bits per heavy atom. The summed E-state index contributed by atoms with van der Waals surface area (Å²) in [6.07, 6.45) is 1.67. The van der Waals surface area contributed by atoms with Gasteiger partial charge in [0.05, 0.1) is 18.5 Å². The van der Waals surface area contributed by atoms with Crippen LogP contribution in [0.3, 0.4) is 0 Å². The van der Waals surface area contributed by atoms with Gasteiger partial charge in [-0.05, 0) is 32.0 Å². The first-order valence-corrected chi connectivity index (χ1v) is 7.08. The molecule has 0 unspecified atom stereocenters. The van der Waals surface area contributed by atoms with Crippen LogP contribution in [0, 0.1) is 6.92 Å². The molecule has 1 aromatic carbocycles. The van der Waals surface area contributed by atoms with Crippen LogP contribution in [0.2, 0.25) is 5.02 Å². The van der Waals surface area contributed by atoms with Gasteiger partial charge in [0.15, 0.2) is 0 Å². The van der Waals surface area contributed by atoms with Gasteiger partial charge in [-0.3, -0.25) is 5.43 Å². The molecule has 0 saturated heterocycles. The largest absolute Gasteiger partial charge is 0.493 e. The van der Waals surface area contributed by atoms with Gasteiger partial charge < -0.3 is 4.74 Å². The number of thiazole rings is 1. The lowest BCUT2D eigenvalue weighted by Crippen LogP contribution is -1.97. The quantitative estimate of drug-likeness (QED) is 0.671. The molecular formula is C13H14ClN3OS. The molecule has 0 aliphatic carbocycles. The summed E-state index contributed by atoms with van der Waals surface area (Å²) in [5.41, 5.74) is 4.68. The summed E-state index contributed by atoms with van der Waals surface area (Å²) in [4.78, 5) is 4.25. The summed E-state index contributed by atoms with van der Waals surface area (Å²) in [7, 11) is 0. The molecule has 1 aromatic heterocycles. The molecule has 0 aliphatic rings. The van der Waals surface area contributed by atoms with Crippen LogP contribution in [-0.2, 0) is 0 Å². The molecule has 0 aliphatic heterocycles. The molecule has 0 fully saturated rings. The predicted molar refractivity (Wildman–Crippen MR) is 80.7 cm³/mol. The van der Waals surface area contributed by atoms with E-state index in [2.05, 4.69) is 15.5 Å². The van der Waals surface area contributed by atoms with Gasteiger partial charge in [0.1, 0.15) is 5.75 Å². The number of benzene rings is 1. The average Bonchev–Trinajstić information content (AvgIpc) is 2.79. The van der Waals surface area contributed by atoms with Crippen molar-refractivity contribution in [1.82, 2.24) is 4.98 Å². The number of aromatic nitrogens is 1. The topological polar surface area (TPSA) is 46.5 Å². The van der Waals surface area contributed by atoms with E-state index in [-0.39, 0.29) is 0 Å². The fourth-order valence-corrected chi connectivity index (χ4v) is 2.29. The van der Waals surface area contributed by atoms with E-state index in [1.54, 1.807) is 12.3 Å². The maximum Gasteiger partial charge on any atom is 0.203 e. The summed E-state index contributed by atoms with van der Waals surface area (Å²) in [6.45, 7) is 4.48. The third kappa shape index (κ3) is 3.94. The average molecular weight is 296 g/mol. The molecule has 100 valence electrons. The van der Waals surface area contributed by atoms with Gasteiger partial charge >= 0.3 is 0 Å². The number of rotatable bonds is 5. The van der Waals surface area contributed by atoms with Gasteiger partial charge in [-0.2, -0.15) is 5.10 Å². The number of hydrogen-bond donors (Lipinski definition) is 1. The summed E-state index contributed by atoms with van der Waals surface area (Å²) in [5.74, 6) is 0.757. The van der Waals surface area contributed by atoms with Crippen LogP contribution in [0.4, 0.5) is 5.13 Å². The van der Waals surface area contributed by atoms with Crippen molar-refractivity contribution in [2.45, 2.75) is 13.8 Å². The summed E-state index contributed by atoms with van der Waals surface area (Å²) in [6, 6.07) is 5.44. The molecule has 0 radical (unpaired) electrons. The highest BCUT2D eigenvalue weighted by Crippen LogP contribution is 2.21. The number of nitrogens with zero attached hydrogens (tertiary/aromatic N) is 2. The molecule has 0 amide bonds. The lowest BCUT2D eigenvalue weighted by Gasteiger charge is -2.06. The Labute approximate surface area is 121 Å². The molecule has 2 aromatic rings. The van der Waals surface area contributed by atoms with Crippen molar-refractivity contribution in [3.05, 3.63) is 39.9 Å². The molecule has 0 atom stereocenters. The van der Waals surface area contributed by atoms with Crippen molar-refractivity contribution >= 4 is 34.3 Å². The molecule has 4 nitrogen and oxygen atoms in total. The third-order valence-electron chi connectivity index (χ3n) is 2.25. The zero-order chi connectivity index (χ0) is 13.7. The van der Waals surface area contributed by atoms with Gasteiger partial charge in [0.25, 0.3) is 0 Å². The number of aryl methyl sites for hydroxylation is 1. The van der Waals surface area contributed by atoms with Gasteiger partial charge in [0.2, 0.25) is 5.13 Å². The lowest BCUT2D eigenvalue weighted by atomic mass is 10.2. The fourth-order valence-electron chi connectivity index (χ4n) is 1.47. The van der Waals surface area contributed by atoms with Crippen molar-refractivity contribution in [3.63, 3.8) is 0 Å². The van der Waals surface area contributed by atoms with Gasteiger partial charge in [-0.1, -0.05) is 11.6 Å². The first kappa shape index (κ1) is 13.8. The Morgan fingerprint density at radius 3 is 3.05 bits per heavy atom. The number of ether oxygens (including phenoxy) is 1. The summed E-state index contributed by atoms with van der Waals surface area (Å²) < 4.78 is 5.51. The first-order chi connectivity index (χ1) is 9.19. The molecule has 0 saturated carbocycles. The molecule has 0 bridgehead atoms. The molecule has 1 N–H and O–H groups in total. The number of anilines is 1. The van der Waals surface area contributed by atoms with Gasteiger partial charge in [-0.15, -0.1) is 11.3 Å². The Bertz CT molecular complexity index is 583. The minimum Gasteiger partial charge on any atom is -0.493 e. The minimum atomic E-state index is 0.599. The highest BCUT2D eigenvalue weighted by atomic mass is 35.5. The van der Waals surface area contributed by atoms with E-state index in [9.17, 15) is 0 Å². The van der Waals surface area contributed by atoms with Crippen LogP contribution < -0.4 is 10.2 Å². The van der Waals surface area contributed by atoms with Crippen LogP contribution in [-0.4, -0.2) is 17.8 Å². The molecule has 1 heterocycles. The van der Waals surface area contributed by atoms with Gasteiger partial charge in [-0.25, -0.2) is 4.98 Å². The minimum absolute atomic E-state index is 0.599. The number of nitrogens with one attached hydrogen (secondary N) is 1. The normalized spacial score (nSPS) is 10.9. The van der Waals surface area contributed by atoms with Crippen LogP contribution in [0.25, 0.3) is 0 Å². The summed E-state index contributed by atoms with van der Waals surface area (Å²) in [5, 5.41) is 7.51. The van der Waals surface area contributed by atoms with Crippen LogP contribution in [0.15, 0.2) is 28.7 Å². The SMILES string of the molecule is CCOc1ccc(Cl)cc1C=NNc1nc(C)cs1. The zero-order valence-corrected chi connectivity index (χ0v) is 12.3. The van der Waals surface area contributed by atoms with Crippen molar-refractivity contribution in [2.75, 3.05) is 12.0 Å². The van der Waals surface area contributed by atoms with E-state index in [1.807, 2.05) is 31.4 Å². The van der Waals surface area contributed by atoms with Crippen molar-refractivity contribution < 1.29 is 4.74 Å². The fraction of sp³-hybridized carbons (Fsp3) is 0.231. The van der Waals surface area contributed by atoms with E-state index >= 15 is 0 Å². The molecule has 2 rings (SSSR count). The van der Waals surface area contributed by atoms with E-state index in [0.29, 0.717) is 11.6 Å². The van der Waals surface area contributed by atoms with Crippen molar-refractivity contribution in [2.24, 2.45) is 5.10 Å². The standard InChI is InChI=1S/C13H14ClN3OS/c1-3-18-12-5-4-11(14)6-10(12)7-15-17-13-16-9(2)8-19-13/h4-8H,3H2,1-2H3,(H,16,17). The Morgan fingerprint density at radius 1 is 1.53 bits per heavy atom. The second-order valence-corrected chi connectivity index (χ2v) is 5.07. The van der Waals surface area contributed by atoms with Crippen LogP contribution >= 0.6 is 22.9 Å². The highest BCUT2D eigenvalue weighted by molar-refractivity contribution is 7.13. The first-order valence-electron chi connectivity index (χ1n) is 5.82. The van der Waals surface area contributed by atoms with E-state index in [1.165, 1.54) is 11.3 Å². The maximum atomic E-state index is 5.97. The van der Waals surface area contributed by atoms with Crippen LogP contribution in [0.5, 0.6) is 5.75 Å². The van der Waals surface area contributed by atoms with Gasteiger partial charge in [0, 0.05) is 16.0 Å². The van der Waals surface area contributed by atoms with E-state index in [0.717, 1.165) is 22.1 Å². The van der Waals surface area contributed by atoms with E-state index in [4.69, 9.17) is 16.3 Å². The Kier molecular flexibility index (Phi) is 4.76. The molecular weight excluding hydrogens is 282 g/mol. The Balaban J connectivity index is 2.10. The van der Waals surface area contributed by atoms with E-state index < -0.39 is 0 Å². The summed E-state index contributed by atoms with van der Waals surface area (Å²) >= 11 is 7.48. The van der Waals surface area contributed by atoms with Crippen molar-refractivity contribution in [3.8, 4) is 5.75 Å². The molecule has 0 spiro atoms. The monoisotopic (exact) mass is 295 g/mol. The molecule has 19 heavy (non-hydrogen) atoms. The predicted octanol–water partition coefficient (Wildman–Crippen LogP) is 3.95. The van der Waals surface area contributed by atoms with Crippen LogP contribution in [0.1, 0.15) is 18.2 Å². The highest BCUT2D eigenvalue weighted by Gasteiger charge is 2.02. The Hall–Kier alpha value is -1.59.